The Morgan fingerprint density at radius 3 is 2.81 bits per heavy atom. The maximum Gasteiger partial charge on any atom is 0.0768 e. The highest BCUT2D eigenvalue weighted by molar-refractivity contribution is 7.80. The summed E-state index contributed by atoms with van der Waals surface area (Å²) in [6.45, 7) is 3.05. The summed E-state index contributed by atoms with van der Waals surface area (Å²) in [5.41, 5.74) is 5.65. The Morgan fingerprint density at radius 1 is 1.56 bits per heavy atom. The highest BCUT2D eigenvalue weighted by atomic mass is 32.1. The van der Waals surface area contributed by atoms with Gasteiger partial charge in [-0.05, 0) is 32.7 Å². The average Bonchev–Trinajstić information content (AvgIpc) is 2.28. The fraction of sp³-hybridized carbons (Fsp3) is 0.917. The lowest BCUT2D eigenvalue weighted by Crippen LogP contribution is -2.42. The molecule has 3 nitrogen and oxygen atoms in total. The van der Waals surface area contributed by atoms with E-state index in [9.17, 15) is 0 Å². The lowest BCUT2D eigenvalue weighted by Gasteiger charge is -2.35. The molecule has 0 aliphatic heterocycles. The number of nitrogens with zero attached hydrogens (tertiary/aromatic N) is 1. The van der Waals surface area contributed by atoms with Crippen molar-refractivity contribution in [2.75, 3.05) is 20.7 Å². The van der Waals surface area contributed by atoms with Crippen molar-refractivity contribution >= 4 is 17.2 Å². The van der Waals surface area contributed by atoms with Gasteiger partial charge in [0.2, 0.25) is 0 Å². The van der Waals surface area contributed by atoms with Crippen molar-refractivity contribution in [3.63, 3.8) is 0 Å². The Balaban J connectivity index is 2.40. The van der Waals surface area contributed by atoms with E-state index in [1.54, 1.807) is 0 Å². The van der Waals surface area contributed by atoms with E-state index in [1.165, 1.54) is 19.3 Å². The van der Waals surface area contributed by atoms with Gasteiger partial charge in [0.1, 0.15) is 0 Å². The summed E-state index contributed by atoms with van der Waals surface area (Å²) in [5, 5.41) is 0. The number of rotatable bonds is 5. The van der Waals surface area contributed by atoms with Crippen molar-refractivity contribution in [1.29, 1.82) is 0 Å². The van der Waals surface area contributed by atoms with E-state index < -0.39 is 0 Å². The Labute approximate surface area is 104 Å². The van der Waals surface area contributed by atoms with Crippen LogP contribution in [0.5, 0.6) is 0 Å². The minimum Gasteiger partial charge on any atom is -0.393 e. The van der Waals surface area contributed by atoms with E-state index >= 15 is 0 Å². The molecule has 94 valence electrons. The fourth-order valence-electron chi connectivity index (χ4n) is 2.41. The number of ether oxygens (including phenoxy) is 1. The topological polar surface area (TPSA) is 38.5 Å². The van der Waals surface area contributed by atoms with Crippen LogP contribution in [0.3, 0.4) is 0 Å². The summed E-state index contributed by atoms with van der Waals surface area (Å²) >= 11 is 5.01. The highest BCUT2D eigenvalue weighted by Crippen LogP contribution is 2.24. The van der Waals surface area contributed by atoms with Crippen LogP contribution in [0.25, 0.3) is 0 Å². The molecule has 0 saturated heterocycles. The van der Waals surface area contributed by atoms with Crippen LogP contribution in [0.4, 0.5) is 0 Å². The molecule has 0 aromatic heterocycles. The molecule has 4 heteroatoms. The van der Waals surface area contributed by atoms with Gasteiger partial charge in [-0.3, -0.25) is 0 Å². The maximum absolute atomic E-state index is 5.65. The van der Waals surface area contributed by atoms with Crippen molar-refractivity contribution in [2.45, 2.75) is 44.8 Å². The van der Waals surface area contributed by atoms with Gasteiger partial charge < -0.3 is 15.4 Å². The Hall–Kier alpha value is -0.190. The smallest absolute Gasteiger partial charge is 0.0768 e. The van der Waals surface area contributed by atoms with E-state index in [-0.39, 0.29) is 0 Å². The van der Waals surface area contributed by atoms with Gasteiger partial charge in [0, 0.05) is 25.6 Å². The molecule has 0 aromatic rings. The zero-order valence-corrected chi connectivity index (χ0v) is 11.4. The highest BCUT2D eigenvalue weighted by Gasteiger charge is 2.25. The molecule has 1 aliphatic rings. The molecular weight excluding hydrogens is 220 g/mol. The van der Waals surface area contributed by atoms with Gasteiger partial charge in [-0.15, -0.1) is 0 Å². The first-order chi connectivity index (χ1) is 7.54. The monoisotopic (exact) mass is 244 g/mol. The Morgan fingerprint density at radius 2 is 2.25 bits per heavy atom. The summed E-state index contributed by atoms with van der Waals surface area (Å²) in [5.74, 6) is 0.294. The van der Waals surface area contributed by atoms with Crippen LogP contribution in [-0.4, -0.2) is 42.7 Å². The first kappa shape index (κ1) is 13.9. The predicted molar refractivity (Wildman–Crippen MR) is 71.6 cm³/mol. The van der Waals surface area contributed by atoms with Crippen LogP contribution >= 0.6 is 12.2 Å². The first-order valence-electron chi connectivity index (χ1n) is 6.07. The fourth-order valence-corrected chi connectivity index (χ4v) is 2.48. The van der Waals surface area contributed by atoms with Crippen LogP contribution in [-0.2, 0) is 4.74 Å². The predicted octanol–water partition coefficient (Wildman–Crippen LogP) is 1.80. The van der Waals surface area contributed by atoms with Crippen LogP contribution in [0.15, 0.2) is 0 Å². The van der Waals surface area contributed by atoms with Gasteiger partial charge in [-0.2, -0.15) is 0 Å². The number of hydrogen-bond donors (Lipinski definition) is 1. The lowest BCUT2D eigenvalue weighted by atomic mass is 9.91. The second-order valence-corrected chi connectivity index (χ2v) is 5.39. The number of hydrogen-bond acceptors (Lipinski definition) is 3. The second-order valence-electron chi connectivity index (χ2n) is 4.92. The summed E-state index contributed by atoms with van der Waals surface area (Å²) < 4.78 is 5.45. The van der Waals surface area contributed by atoms with Crippen LogP contribution < -0.4 is 5.73 Å². The molecule has 0 spiro atoms. The molecule has 0 bridgehead atoms. The van der Waals surface area contributed by atoms with Crippen molar-refractivity contribution in [1.82, 2.24) is 4.90 Å². The summed E-state index contributed by atoms with van der Waals surface area (Å²) in [7, 11) is 3.97. The van der Waals surface area contributed by atoms with E-state index in [0.717, 1.165) is 13.0 Å². The zero-order valence-electron chi connectivity index (χ0n) is 10.6. The van der Waals surface area contributed by atoms with E-state index in [1.807, 2.05) is 7.11 Å². The van der Waals surface area contributed by atoms with Gasteiger partial charge in [-0.1, -0.05) is 19.1 Å². The third-order valence-electron chi connectivity index (χ3n) is 3.60. The molecule has 2 N–H and O–H groups in total. The molecule has 1 fully saturated rings. The quantitative estimate of drug-likeness (QED) is 0.749. The van der Waals surface area contributed by atoms with Gasteiger partial charge in [-0.25, -0.2) is 0 Å². The van der Waals surface area contributed by atoms with Gasteiger partial charge in [0.25, 0.3) is 0 Å². The van der Waals surface area contributed by atoms with Gasteiger partial charge >= 0.3 is 0 Å². The Bertz CT molecular complexity index is 235. The average molecular weight is 244 g/mol. The Kier molecular flexibility index (Phi) is 5.66. The summed E-state index contributed by atoms with van der Waals surface area (Å²) in [4.78, 5) is 3.00. The normalized spacial score (nSPS) is 28.0. The minimum absolute atomic E-state index is 0.294. The molecule has 16 heavy (non-hydrogen) atoms. The van der Waals surface area contributed by atoms with Crippen LogP contribution in [0.2, 0.25) is 0 Å². The van der Waals surface area contributed by atoms with Gasteiger partial charge in [0.15, 0.2) is 0 Å². The van der Waals surface area contributed by atoms with Crippen molar-refractivity contribution in [3.8, 4) is 0 Å². The molecule has 0 amide bonds. The number of nitrogens with two attached hydrogens (primary N) is 1. The number of methoxy groups -OCH3 is 1. The molecule has 3 atom stereocenters. The summed E-state index contributed by atoms with van der Waals surface area (Å²) in [6, 6.07) is 0.621. The molecule has 0 radical (unpaired) electrons. The second kappa shape index (κ2) is 6.52. The van der Waals surface area contributed by atoms with Gasteiger partial charge in [0.05, 0.1) is 11.1 Å². The first-order valence-corrected chi connectivity index (χ1v) is 6.47. The molecule has 1 aliphatic carbocycles. The standard InChI is InChI=1S/C12H24N2OS/c1-9(12(13)16)8-14(2)10-5-4-6-11(7-10)15-3/h9-11H,4-8H2,1-3H3,(H2,13,16). The van der Waals surface area contributed by atoms with Crippen LogP contribution in [0, 0.1) is 5.92 Å². The molecule has 1 rings (SSSR count). The molecule has 0 heterocycles. The van der Waals surface area contributed by atoms with Crippen molar-refractivity contribution in [3.05, 3.63) is 0 Å². The van der Waals surface area contributed by atoms with E-state index in [2.05, 4.69) is 18.9 Å². The third-order valence-corrected chi connectivity index (χ3v) is 4.01. The third kappa shape index (κ3) is 4.00. The van der Waals surface area contributed by atoms with Crippen molar-refractivity contribution in [2.24, 2.45) is 11.7 Å². The lowest BCUT2D eigenvalue weighted by molar-refractivity contribution is 0.0334. The van der Waals surface area contributed by atoms with E-state index in [0.29, 0.717) is 23.1 Å². The SMILES string of the molecule is COC1CCCC(N(C)CC(C)C(N)=S)C1. The van der Waals surface area contributed by atoms with E-state index in [4.69, 9.17) is 22.7 Å². The maximum atomic E-state index is 5.65. The largest absolute Gasteiger partial charge is 0.393 e. The molecule has 1 saturated carbocycles. The zero-order chi connectivity index (χ0) is 12.1. The van der Waals surface area contributed by atoms with Crippen LogP contribution in [0.1, 0.15) is 32.6 Å². The molecular formula is C12H24N2OS. The van der Waals surface area contributed by atoms with Crippen molar-refractivity contribution < 1.29 is 4.74 Å². The summed E-state index contributed by atoms with van der Waals surface area (Å²) in [6.07, 6.45) is 5.29. The molecule has 3 unspecified atom stereocenters. The molecule has 0 aromatic carbocycles. The number of thiocarbonyl (C=S) groups is 1. The minimum atomic E-state index is 0.294.